The largest absolute Gasteiger partial charge is 0.395 e. The first kappa shape index (κ1) is 17.9. The Morgan fingerprint density at radius 2 is 1.92 bits per heavy atom. The number of nitrogens with one attached hydrogen (secondary N) is 1. The molecule has 3 rings (SSSR count). The predicted molar refractivity (Wildman–Crippen MR) is 101 cm³/mol. The number of piperidine rings is 1. The lowest BCUT2D eigenvalue weighted by molar-refractivity contribution is -0.129. The molecule has 0 unspecified atom stereocenters. The monoisotopic (exact) mass is 340 g/mol. The number of amides is 1. The van der Waals surface area contributed by atoms with Gasteiger partial charge in [0.25, 0.3) is 0 Å². The average Bonchev–Trinajstić information content (AvgIpc) is 2.60. The minimum absolute atomic E-state index is 0.0259. The van der Waals surface area contributed by atoms with Gasteiger partial charge >= 0.3 is 0 Å². The quantitative estimate of drug-likeness (QED) is 0.900. The Labute approximate surface area is 149 Å². The van der Waals surface area contributed by atoms with Gasteiger partial charge in [-0.15, -0.1) is 0 Å². The SMILES string of the molecule is CN1C[C@H](C(=O)NC(C)(C)c2cccc3ccccc23)CC[C@H]1CO. The summed E-state index contributed by atoms with van der Waals surface area (Å²) >= 11 is 0. The van der Waals surface area contributed by atoms with Crippen LogP contribution < -0.4 is 5.32 Å². The second-order valence-corrected chi connectivity index (χ2v) is 7.69. The molecule has 25 heavy (non-hydrogen) atoms. The van der Waals surface area contributed by atoms with E-state index in [1.165, 1.54) is 10.8 Å². The summed E-state index contributed by atoms with van der Waals surface area (Å²) in [5, 5.41) is 15.0. The zero-order valence-electron chi connectivity index (χ0n) is 15.3. The van der Waals surface area contributed by atoms with Gasteiger partial charge in [-0.3, -0.25) is 4.79 Å². The highest BCUT2D eigenvalue weighted by Gasteiger charge is 2.33. The number of hydrogen-bond donors (Lipinski definition) is 2. The van der Waals surface area contributed by atoms with E-state index in [-0.39, 0.29) is 24.5 Å². The van der Waals surface area contributed by atoms with E-state index in [0.29, 0.717) is 6.54 Å². The van der Waals surface area contributed by atoms with Crippen LogP contribution in [0.5, 0.6) is 0 Å². The van der Waals surface area contributed by atoms with Crippen LogP contribution in [-0.2, 0) is 10.3 Å². The molecule has 1 saturated heterocycles. The zero-order chi connectivity index (χ0) is 18.0. The number of likely N-dealkylation sites (N-methyl/N-ethyl adjacent to an activating group) is 1. The van der Waals surface area contributed by atoms with Crippen molar-refractivity contribution in [1.29, 1.82) is 0 Å². The number of rotatable bonds is 4. The number of hydrogen-bond acceptors (Lipinski definition) is 3. The fourth-order valence-electron chi connectivity index (χ4n) is 3.89. The number of carbonyl (C=O) groups excluding carboxylic acids is 1. The van der Waals surface area contributed by atoms with Crippen LogP contribution in [0.15, 0.2) is 42.5 Å². The molecule has 2 aromatic rings. The molecule has 1 fully saturated rings. The Balaban J connectivity index is 1.78. The summed E-state index contributed by atoms with van der Waals surface area (Å²) in [6, 6.07) is 14.7. The van der Waals surface area contributed by atoms with Gasteiger partial charge in [0.2, 0.25) is 5.91 Å². The van der Waals surface area contributed by atoms with E-state index in [1.807, 2.05) is 25.2 Å². The molecule has 0 bridgehead atoms. The highest BCUT2D eigenvalue weighted by molar-refractivity contribution is 5.88. The van der Waals surface area contributed by atoms with Crippen LogP contribution in [0, 0.1) is 5.92 Å². The standard InChI is InChI=1S/C21H28N2O2/c1-21(2,19-10-6-8-15-7-4-5-9-18(15)19)22-20(25)16-11-12-17(14-24)23(3)13-16/h4-10,16-17,24H,11-14H2,1-3H3,(H,22,25)/t16-,17+/m1/s1. The van der Waals surface area contributed by atoms with Gasteiger partial charge in [-0.05, 0) is 50.1 Å². The Hall–Kier alpha value is -1.91. The Morgan fingerprint density at radius 3 is 2.64 bits per heavy atom. The molecule has 1 aliphatic heterocycles. The van der Waals surface area contributed by atoms with Crippen molar-refractivity contribution in [2.24, 2.45) is 5.92 Å². The third-order valence-corrected chi connectivity index (χ3v) is 5.46. The first-order valence-corrected chi connectivity index (χ1v) is 9.04. The lowest BCUT2D eigenvalue weighted by atomic mass is 9.87. The number of nitrogens with zero attached hydrogens (tertiary/aromatic N) is 1. The zero-order valence-corrected chi connectivity index (χ0v) is 15.3. The summed E-state index contributed by atoms with van der Waals surface area (Å²) in [7, 11) is 1.98. The van der Waals surface area contributed by atoms with Gasteiger partial charge in [0.1, 0.15) is 0 Å². The van der Waals surface area contributed by atoms with Crippen molar-refractivity contribution < 1.29 is 9.90 Å². The molecule has 2 N–H and O–H groups in total. The van der Waals surface area contributed by atoms with Crippen molar-refractivity contribution in [1.82, 2.24) is 10.2 Å². The van der Waals surface area contributed by atoms with Crippen molar-refractivity contribution in [2.75, 3.05) is 20.2 Å². The van der Waals surface area contributed by atoms with Gasteiger partial charge in [0, 0.05) is 12.6 Å². The van der Waals surface area contributed by atoms with Crippen molar-refractivity contribution in [3.05, 3.63) is 48.0 Å². The molecule has 0 spiro atoms. The number of likely N-dealkylation sites (tertiary alicyclic amines) is 1. The molecule has 134 valence electrons. The number of aliphatic hydroxyl groups is 1. The van der Waals surface area contributed by atoms with E-state index in [2.05, 4.69) is 48.3 Å². The molecule has 2 atom stereocenters. The van der Waals surface area contributed by atoms with E-state index in [0.717, 1.165) is 18.4 Å². The average molecular weight is 340 g/mol. The summed E-state index contributed by atoms with van der Waals surface area (Å²) in [5.41, 5.74) is 0.695. The summed E-state index contributed by atoms with van der Waals surface area (Å²) < 4.78 is 0. The molecular formula is C21H28N2O2. The summed E-state index contributed by atoms with van der Waals surface area (Å²) in [4.78, 5) is 15.0. The molecule has 4 nitrogen and oxygen atoms in total. The van der Waals surface area contributed by atoms with E-state index in [1.54, 1.807) is 0 Å². The molecule has 0 aromatic heterocycles. The fraction of sp³-hybridized carbons (Fsp3) is 0.476. The minimum Gasteiger partial charge on any atom is -0.395 e. The third kappa shape index (κ3) is 3.70. The summed E-state index contributed by atoms with van der Waals surface area (Å²) in [6.07, 6.45) is 1.69. The predicted octanol–water partition coefficient (Wildman–Crippen LogP) is 2.89. The van der Waals surface area contributed by atoms with Crippen molar-refractivity contribution in [2.45, 2.75) is 38.3 Å². The smallest absolute Gasteiger partial charge is 0.225 e. The lowest BCUT2D eigenvalue weighted by Crippen LogP contribution is -2.50. The maximum absolute atomic E-state index is 12.9. The number of aliphatic hydroxyl groups excluding tert-OH is 1. The number of carbonyl (C=O) groups is 1. The van der Waals surface area contributed by atoms with Crippen LogP contribution in [0.2, 0.25) is 0 Å². The maximum atomic E-state index is 12.9. The maximum Gasteiger partial charge on any atom is 0.225 e. The van der Waals surface area contributed by atoms with E-state index in [9.17, 15) is 9.90 Å². The minimum atomic E-state index is -0.440. The Kier molecular flexibility index (Phi) is 5.11. The normalized spacial score (nSPS) is 22.1. The lowest BCUT2D eigenvalue weighted by Gasteiger charge is -2.37. The van der Waals surface area contributed by atoms with E-state index in [4.69, 9.17) is 0 Å². The highest BCUT2D eigenvalue weighted by atomic mass is 16.3. The van der Waals surface area contributed by atoms with Gasteiger partial charge in [0.05, 0.1) is 18.1 Å². The second-order valence-electron chi connectivity index (χ2n) is 7.69. The molecule has 1 amide bonds. The van der Waals surface area contributed by atoms with Crippen LogP contribution in [0.4, 0.5) is 0 Å². The van der Waals surface area contributed by atoms with Gasteiger partial charge in [0.15, 0.2) is 0 Å². The second kappa shape index (κ2) is 7.14. The van der Waals surface area contributed by atoms with Crippen molar-refractivity contribution in [3.8, 4) is 0 Å². The summed E-state index contributed by atoms with van der Waals surface area (Å²) in [5.74, 6) is 0.0724. The molecule has 0 saturated carbocycles. The molecule has 2 aromatic carbocycles. The van der Waals surface area contributed by atoms with Crippen LogP contribution in [-0.4, -0.2) is 42.2 Å². The van der Waals surface area contributed by atoms with E-state index < -0.39 is 5.54 Å². The molecule has 0 aliphatic carbocycles. The molecule has 0 radical (unpaired) electrons. The number of benzene rings is 2. The summed E-state index contributed by atoms with van der Waals surface area (Å²) in [6.45, 7) is 4.99. The molecule has 1 heterocycles. The first-order valence-electron chi connectivity index (χ1n) is 9.04. The van der Waals surface area contributed by atoms with Gasteiger partial charge in [-0.25, -0.2) is 0 Å². The Morgan fingerprint density at radius 1 is 1.20 bits per heavy atom. The van der Waals surface area contributed by atoms with Crippen molar-refractivity contribution in [3.63, 3.8) is 0 Å². The van der Waals surface area contributed by atoms with E-state index >= 15 is 0 Å². The third-order valence-electron chi connectivity index (χ3n) is 5.46. The van der Waals surface area contributed by atoms with Gasteiger partial charge < -0.3 is 15.3 Å². The fourth-order valence-corrected chi connectivity index (χ4v) is 3.89. The van der Waals surface area contributed by atoms with Crippen LogP contribution in [0.1, 0.15) is 32.3 Å². The molecule has 4 heteroatoms. The Bertz CT molecular complexity index is 751. The van der Waals surface area contributed by atoms with Gasteiger partial charge in [-0.1, -0.05) is 42.5 Å². The number of fused-ring (bicyclic) bond motifs is 1. The van der Waals surface area contributed by atoms with Gasteiger partial charge in [-0.2, -0.15) is 0 Å². The topological polar surface area (TPSA) is 52.6 Å². The first-order chi connectivity index (χ1) is 11.9. The molecular weight excluding hydrogens is 312 g/mol. The van der Waals surface area contributed by atoms with Crippen LogP contribution in [0.25, 0.3) is 10.8 Å². The van der Waals surface area contributed by atoms with Crippen LogP contribution in [0.3, 0.4) is 0 Å². The highest BCUT2D eigenvalue weighted by Crippen LogP contribution is 2.29. The molecule has 1 aliphatic rings. The van der Waals surface area contributed by atoms with Crippen LogP contribution >= 0.6 is 0 Å². The van der Waals surface area contributed by atoms with Crippen molar-refractivity contribution >= 4 is 16.7 Å².